The fourth-order valence-electron chi connectivity index (χ4n) is 2.01. The zero-order valence-electron chi connectivity index (χ0n) is 13.3. The van der Waals surface area contributed by atoms with E-state index in [4.69, 9.17) is 15.3 Å². The number of oxime groups is 1. The molecule has 0 aliphatic carbocycles. The van der Waals surface area contributed by atoms with E-state index in [1.165, 1.54) is 12.1 Å². The van der Waals surface area contributed by atoms with Crippen LogP contribution in [-0.4, -0.2) is 10.8 Å². The summed E-state index contributed by atoms with van der Waals surface area (Å²) in [5.41, 5.74) is 7.27. The van der Waals surface area contributed by atoms with Crippen LogP contribution in [0.4, 0.5) is 4.39 Å². The Morgan fingerprint density at radius 2 is 1.76 bits per heavy atom. The van der Waals surface area contributed by atoms with Gasteiger partial charge in [0.1, 0.15) is 18.2 Å². The van der Waals surface area contributed by atoms with Gasteiger partial charge in [-0.25, -0.2) is 9.37 Å². The van der Waals surface area contributed by atoms with Crippen molar-refractivity contribution in [2.24, 2.45) is 10.9 Å². The fraction of sp³-hybridized carbons (Fsp3) is 0.0526. The van der Waals surface area contributed by atoms with Gasteiger partial charge >= 0.3 is 0 Å². The van der Waals surface area contributed by atoms with Crippen molar-refractivity contribution in [1.29, 1.82) is 0 Å². The molecule has 0 fully saturated rings. The minimum Gasteiger partial charge on any atom is -0.439 e. The smallest absolute Gasteiger partial charge is 0.219 e. The SMILES string of the molecule is N/C(=N/OCc1ccc(F)cc1)c1ccc(Oc2ccccc2)nc1. The molecule has 2 aromatic carbocycles. The van der Waals surface area contributed by atoms with Crippen LogP contribution < -0.4 is 10.5 Å². The van der Waals surface area contributed by atoms with Gasteiger partial charge in [-0.2, -0.15) is 0 Å². The summed E-state index contributed by atoms with van der Waals surface area (Å²) < 4.78 is 18.4. The normalized spacial score (nSPS) is 11.2. The molecule has 0 saturated carbocycles. The van der Waals surface area contributed by atoms with E-state index in [9.17, 15) is 4.39 Å². The number of halogens is 1. The largest absolute Gasteiger partial charge is 0.439 e. The van der Waals surface area contributed by atoms with Gasteiger partial charge in [-0.3, -0.25) is 0 Å². The Labute approximate surface area is 144 Å². The molecule has 1 aromatic heterocycles. The number of amidine groups is 1. The summed E-state index contributed by atoms with van der Waals surface area (Å²) in [5.74, 6) is 1.05. The molecule has 0 atom stereocenters. The molecule has 2 N–H and O–H groups in total. The lowest BCUT2D eigenvalue weighted by molar-refractivity contribution is 0.130. The summed E-state index contributed by atoms with van der Waals surface area (Å²) in [6.45, 7) is 0.198. The average Bonchev–Trinajstić information content (AvgIpc) is 2.65. The van der Waals surface area contributed by atoms with E-state index in [1.54, 1.807) is 30.5 Å². The Morgan fingerprint density at radius 1 is 1.00 bits per heavy atom. The highest BCUT2D eigenvalue weighted by molar-refractivity contribution is 5.96. The molecule has 6 heteroatoms. The molecule has 1 heterocycles. The highest BCUT2D eigenvalue weighted by Crippen LogP contribution is 2.18. The molecule has 0 bridgehead atoms. The topological polar surface area (TPSA) is 69.7 Å². The van der Waals surface area contributed by atoms with Crippen LogP contribution >= 0.6 is 0 Å². The third kappa shape index (κ3) is 4.78. The van der Waals surface area contributed by atoms with Crippen molar-refractivity contribution in [3.63, 3.8) is 0 Å². The van der Waals surface area contributed by atoms with E-state index >= 15 is 0 Å². The maximum absolute atomic E-state index is 12.8. The number of pyridine rings is 1. The Morgan fingerprint density at radius 3 is 2.44 bits per heavy atom. The summed E-state index contributed by atoms with van der Waals surface area (Å²) in [6, 6.07) is 18.8. The molecule has 0 unspecified atom stereocenters. The van der Waals surface area contributed by atoms with Crippen molar-refractivity contribution in [3.05, 3.63) is 89.9 Å². The molecule has 0 spiro atoms. The Kier molecular flexibility index (Phi) is 5.21. The first-order chi connectivity index (χ1) is 12.2. The minimum atomic E-state index is -0.296. The van der Waals surface area contributed by atoms with E-state index in [1.807, 2.05) is 30.3 Å². The maximum Gasteiger partial charge on any atom is 0.219 e. The second kappa shape index (κ2) is 7.92. The number of nitrogens with two attached hydrogens (primary N) is 1. The van der Waals surface area contributed by atoms with E-state index in [0.717, 1.165) is 5.56 Å². The van der Waals surface area contributed by atoms with Crippen molar-refractivity contribution in [2.45, 2.75) is 6.61 Å². The van der Waals surface area contributed by atoms with E-state index in [0.29, 0.717) is 17.2 Å². The third-order valence-corrected chi connectivity index (χ3v) is 3.31. The molecule has 0 amide bonds. The molecular formula is C19H16FN3O2. The van der Waals surface area contributed by atoms with E-state index in [2.05, 4.69) is 10.1 Å². The molecule has 5 nitrogen and oxygen atoms in total. The van der Waals surface area contributed by atoms with Gasteiger partial charge in [-0.1, -0.05) is 35.5 Å². The van der Waals surface area contributed by atoms with Gasteiger partial charge in [0, 0.05) is 17.8 Å². The first kappa shape index (κ1) is 16.4. The summed E-state index contributed by atoms with van der Waals surface area (Å²) in [7, 11) is 0. The monoisotopic (exact) mass is 337 g/mol. The van der Waals surface area contributed by atoms with Gasteiger partial charge in [0.15, 0.2) is 5.84 Å². The quantitative estimate of drug-likeness (QED) is 0.421. The molecule has 0 aliphatic rings. The van der Waals surface area contributed by atoms with Gasteiger partial charge in [0.2, 0.25) is 5.88 Å². The van der Waals surface area contributed by atoms with Crippen LogP contribution in [-0.2, 0) is 11.4 Å². The van der Waals surface area contributed by atoms with Crippen molar-refractivity contribution >= 4 is 5.84 Å². The zero-order chi connectivity index (χ0) is 17.5. The second-order valence-corrected chi connectivity index (χ2v) is 5.18. The third-order valence-electron chi connectivity index (χ3n) is 3.31. The van der Waals surface area contributed by atoms with Crippen LogP contribution in [0.25, 0.3) is 0 Å². The van der Waals surface area contributed by atoms with Gasteiger partial charge in [-0.05, 0) is 35.9 Å². The molecule has 3 rings (SSSR count). The molecule has 25 heavy (non-hydrogen) atoms. The van der Waals surface area contributed by atoms with E-state index < -0.39 is 0 Å². The van der Waals surface area contributed by atoms with Crippen LogP contribution in [0, 0.1) is 5.82 Å². The highest BCUT2D eigenvalue weighted by atomic mass is 19.1. The van der Waals surface area contributed by atoms with Gasteiger partial charge < -0.3 is 15.3 Å². The Balaban J connectivity index is 1.58. The van der Waals surface area contributed by atoms with Crippen molar-refractivity contribution in [2.75, 3.05) is 0 Å². The van der Waals surface area contributed by atoms with Gasteiger partial charge in [0.05, 0.1) is 0 Å². The molecule has 3 aromatic rings. The van der Waals surface area contributed by atoms with Crippen molar-refractivity contribution < 1.29 is 14.0 Å². The number of rotatable bonds is 6. The highest BCUT2D eigenvalue weighted by Gasteiger charge is 2.03. The summed E-state index contributed by atoms with van der Waals surface area (Å²) in [5, 5.41) is 3.85. The molecule has 126 valence electrons. The lowest BCUT2D eigenvalue weighted by Crippen LogP contribution is -2.14. The van der Waals surface area contributed by atoms with Crippen LogP contribution in [0.3, 0.4) is 0 Å². The number of ether oxygens (including phenoxy) is 1. The number of nitrogens with zero attached hydrogens (tertiary/aromatic N) is 2. The minimum absolute atomic E-state index is 0.195. The van der Waals surface area contributed by atoms with Crippen LogP contribution in [0.5, 0.6) is 11.6 Å². The molecule has 0 aliphatic heterocycles. The molecule has 0 radical (unpaired) electrons. The van der Waals surface area contributed by atoms with Gasteiger partial charge in [0.25, 0.3) is 0 Å². The second-order valence-electron chi connectivity index (χ2n) is 5.18. The Bertz CT molecular complexity index is 835. The number of hydrogen-bond acceptors (Lipinski definition) is 4. The lowest BCUT2D eigenvalue weighted by Gasteiger charge is -2.05. The predicted molar refractivity (Wildman–Crippen MR) is 92.7 cm³/mol. The standard InChI is InChI=1S/C19H16FN3O2/c20-16-9-6-14(7-10-16)13-24-23-19(21)15-8-11-18(22-12-15)25-17-4-2-1-3-5-17/h1-12H,13H2,(H2,21,23). The predicted octanol–water partition coefficient (Wildman–Crippen LogP) is 3.85. The number of benzene rings is 2. The van der Waals surface area contributed by atoms with Crippen molar-refractivity contribution in [1.82, 2.24) is 4.98 Å². The Hall–Kier alpha value is -3.41. The first-order valence-electron chi connectivity index (χ1n) is 7.60. The summed E-state index contributed by atoms with van der Waals surface area (Å²) in [4.78, 5) is 9.37. The van der Waals surface area contributed by atoms with E-state index in [-0.39, 0.29) is 18.3 Å². The maximum atomic E-state index is 12.8. The first-order valence-corrected chi connectivity index (χ1v) is 7.60. The summed E-state index contributed by atoms with van der Waals surface area (Å²) >= 11 is 0. The molecule has 0 saturated heterocycles. The molecular weight excluding hydrogens is 321 g/mol. The average molecular weight is 337 g/mol. The van der Waals surface area contributed by atoms with Crippen LogP contribution in [0.1, 0.15) is 11.1 Å². The van der Waals surface area contributed by atoms with Crippen LogP contribution in [0.2, 0.25) is 0 Å². The number of hydrogen-bond donors (Lipinski definition) is 1. The van der Waals surface area contributed by atoms with Gasteiger partial charge in [-0.15, -0.1) is 0 Å². The number of aromatic nitrogens is 1. The van der Waals surface area contributed by atoms with Crippen LogP contribution in [0.15, 0.2) is 78.1 Å². The fourth-order valence-corrected chi connectivity index (χ4v) is 2.01. The van der Waals surface area contributed by atoms with Crippen molar-refractivity contribution in [3.8, 4) is 11.6 Å². The lowest BCUT2D eigenvalue weighted by atomic mass is 10.2. The zero-order valence-corrected chi connectivity index (χ0v) is 13.3. The number of para-hydroxylation sites is 1. The summed E-state index contributed by atoms with van der Waals surface area (Å²) in [6.07, 6.45) is 1.55.